The molecule has 0 radical (unpaired) electrons. The predicted molar refractivity (Wildman–Crippen MR) is 151 cm³/mol. The van der Waals surface area contributed by atoms with E-state index < -0.39 is 0 Å². The van der Waals surface area contributed by atoms with Gasteiger partial charge in [0.05, 0.1) is 19.3 Å². The van der Waals surface area contributed by atoms with Gasteiger partial charge < -0.3 is 19.9 Å². The van der Waals surface area contributed by atoms with Gasteiger partial charge in [-0.15, -0.1) is 11.3 Å². The van der Waals surface area contributed by atoms with Crippen molar-refractivity contribution < 1.29 is 4.74 Å². The van der Waals surface area contributed by atoms with Crippen molar-refractivity contribution in [2.45, 2.75) is 6.54 Å². The number of aromatic nitrogens is 1. The molecule has 0 unspecified atom stereocenters. The first-order valence-corrected chi connectivity index (χ1v) is 13.2. The summed E-state index contributed by atoms with van der Waals surface area (Å²) in [6.07, 6.45) is 0. The third kappa shape index (κ3) is 5.41. The zero-order chi connectivity index (χ0) is 24.9. The van der Waals surface area contributed by atoms with E-state index in [0.29, 0.717) is 11.6 Å². The summed E-state index contributed by atoms with van der Waals surface area (Å²) >= 11 is 8.06. The number of hydrogen-bond donors (Lipinski definition) is 1. The van der Waals surface area contributed by atoms with Crippen LogP contribution in [0.3, 0.4) is 0 Å². The zero-order valence-corrected chi connectivity index (χ0v) is 21.9. The summed E-state index contributed by atoms with van der Waals surface area (Å²) in [5.41, 5.74) is 6.29. The number of piperazine rings is 1. The molecule has 0 aliphatic carbocycles. The van der Waals surface area contributed by atoms with Crippen molar-refractivity contribution in [3.63, 3.8) is 0 Å². The smallest absolute Gasteiger partial charge is 0.190 e. The van der Waals surface area contributed by atoms with E-state index in [2.05, 4.69) is 63.5 Å². The zero-order valence-electron chi connectivity index (χ0n) is 20.3. The molecule has 1 N–H and O–H groups in total. The van der Waals surface area contributed by atoms with Gasteiger partial charge in [-0.05, 0) is 41.5 Å². The number of nitrogens with zero attached hydrogens (tertiary/aromatic N) is 3. The van der Waals surface area contributed by atoms with Gasteiger partial charge in [0.1, 0.15) is 5.75 Å². The highest BCUT2D eigenvalue weighted by atomic mass is 35.5. The molecule has 1 aliphatic rings. The monoisotopic (exact) mass is 516 g/mol. The molecule has 0 bridgehead atoms. The Bertz CT molecular complexity index is 1310. The van der Waals surface area contributed by atoms with Crippen LogP contribution in [0.1, 0.15) is 11.1 Å². The van der Waals surface area contributed by atoms with E-state index in [1.54, 1.807) is 18.4 Å². The first-order chi connectivity index (χ1) is 17.6. The highest BCUT2D eigenvalue weighted by molar-refractivity contribution is 7.14. The van der Waals surface area contributed by atoms with Crippen LogP contribution in [0.5, 0.6) is 5.75 Å². The molecule has 1 aliphatic heterocycles. The Morgan fingerprint density at radius 1 is 1.06 bits per heavy atom. The first kappa shape index (κ1) is 24.4. The fraction of sp³-hybridized carbons (Fsp3) is 0.207. The minimum absolute atomic E-state index is 0.683. The number of anilines is 2. The maximum Gasteiger partial charge on any atom is 0.190 e. The number of hydrogen-bond acceptors (Lipinski definition) is 6. The van der Waals surface area contributed by atoms with Gasteiger partial charge in [-0.2, -0.15) is 0 Å². The summed E-state index contributed by atoms with van der Waals surface area (Å²) in [6, 6.07) is 24.6. The molecule has 1 saturated heterocycles. The largest absolute Gasteiger partial charge is 0.497 e. The van der Waals surface area contributed by atoms with Gasteiger partial charge in [0, 0.05) is 53.5 Å². The molecule has 7 heteroatoms. The summed E-state index contributed by atoms with van der Waals surface area (Å²) < 4.78 is 5.37. The fourth-order valence-electron chi connectivity index (χ4n) is 4.31. The van der Waals surface area contributed by atoms with E-state index in [4.69, 9.17) is 21.3 Å². The molecule has 0 saturated carbocycles. The van der Waals surface area contributed by atoms with Crippen LogP contribution in [0.2, 0.25) is 5.02 Å². The number of methoxy groups -OCH3 is 1. The maximum absolute atomic E-state index is 6.45. The Morgan fingerprint density at radius 2 is 1.78 bits per heavy atom. The van der Waals surface area contributed by atoms with Crippen LogP contribution in [0, 0.1) is 0 Å². The van der Waals surface area contributed by atoms with Crippen molar-refractivity contribution in [1.29, 1.82) is 0 Å². The molecule has 0 atom stereocenters. The predicted octanol–water partition coefficient (Wildman–Crippen LogP) is 6.69. The molecule has 1 fully saturated rings. The quantitative estimate of drug-likeness (QED) is 0.282. The number of nitrogens with one attached hydrogen (secondary N) is 1. The fourth-order valence-corrected chi connectivity index (χ4v) is 5.39. The summed E-state index contributed by atoms with van der Waals surface area (Å²) in [4.78, 5) is 9.54. The Morgan fingerprint density at radius 3 is 2.47 bits per heavy atom. The van der Waals surface area contributed by atoms with Crippen LogP contribution >= 0.6 is 22.9 Å². The van der Waals surface area contributed by atoms with E-state index >= 15 is 0 Å². The van der Waals surface area contributed by atoms with Gasteiger partial charge in [-0.1, -0.05) is 60.6 Å². The van der Waals surface area contributed by atoms with E-state index in [1.165, 1.54) is 5.56 Å². The van der Waals surface area contributed by atoms with Crippen molar-refractivity contribution in [3.05, 3.63) is 101 Å². The molecule has 4 aromatic rings. The topological polar surface area (TPSA) is 40.6 Å². The third-order valence-electron chi connectivity index (χ3n) is 6.38. The van der Waals surface area contributed by atoms with E-state index in [0.717, 1.165) is 65.3 Å². The maximum atomic E-state index is 6.45. The standard InChI is InChI=1S/C29H29ClN4OS/c1-21(33-17-15-31-16-18-33)23-9-7-22(8-10-23)19-34(24-11-13-25(35-2)14-12-24)29-32-28(20-36-29)26-5-3-4-6-27(26)30/h3-14,20,31H,1,15-19H2,2H3. The van der Waals surface area contributed by atoms with Crippen LogP contribution in [0.4, 0.5) is 10.8 Å². The van der Waals surface area contributed by atoms with Gasteiger partial charge in [0.15, 0.2) is 5.13 Å². The van der Waals surface area contributed by atoms with Gasteiger partial charge in [-0.3, -0.25) is 0 Å². The van der Waals surface area contributed by atoms with Gasteiger partial charge in [0.25, 0.3) is 0 Å². The normalized spacial score (nSPS) is 13.4. The summed E-state index contributed by atoms with van der Waals surface area (Å²) in [7, 11) is 1.68. The molecular formula is C29H29ClN4OS. The second kappa shape index (κ2) is 11.2. The van der Waals surface area contributed by atoms with E-state index in [-0.39, 0.29) is 0 Å². The lowest BCUT2D eigenvalue weighted by Gasteiger charge is -2.31. The molecule has 1 aromatic heterocycles. The minimum atomic E-state index is 0.683. The number of benzene rings is 3. The Hall–Kier alpha value is -3.32. The summed E-state index contributed by atoms with van der Waals surface area (Å²) in [5.74, 6) is 0.824. The first-order valence-electron chi connectivity index (χ1n) is 12.0. The average molecular weight is 517 g/mol. The molecular weight excluding hydrogens is 488 g/mol. The number of ether oxygens (including phenoxy) is 1. The lowest BCUT2D eigenvalue weighted by Crippen LogP contribution is -2.42. The molecule has 2 heterocycles. The molecule has 3 aromatic carbocycles. The number of rotatable bonds is 8. The summed E-state index contributed by atoms with van der Waals surface area (Å²) in [5, 5.41) is 7.07. The molecule has 5 nitrogen and oxygen atoms in total. The van der Waals surface area contributed by atoms with Gasteiger partial charge in [-0.25, -0.2) is 4.98 Å². The summed E-state index contributed by atoms with van der Waals surface area (Å²) in [6.45, 7) is 9.00. The van der Waals surface area contributed by atoms with Crippen molar-refractivity contribution in [2.75, 3.05) is 38.2 Å². The van der Waals surface area contributed by atoms with Crippen molar-refractivity contribution in [2.24, 2.45) is 0 Å². The van der Waals surface area contributed by atoms with E-state index in [1.807, 2.05) is 36.4 Å². The Labute approximate surface area is 221 Å². The molecule has 184 valence electrons. The lowest BCUT2D eigenvalue weighted by molar-refractivity contribution is 0.341. The lowest BCUT2D eigenvalue weighted by atomic mass is 10.1. The van der Waals surface area contributed by atoms with Crippen molar-refractivity contribution in [3.8, 4) is 17.0 Å². The van der Waals surface area contributed by atoms with Crippen LogP contribution in [-0.2, 0) is 6.54 Å². The van der Waals surface area contributed by atoms with Gasteiger partial charge >= 0.3 is 0 Å². The minimum Gasteiger partial charge on any atom is -0.497 e. The molecule has 0 spiro atoms. The second-order valence-electron chi connectivity index (χ2n) is 8.66. The van der Waals surface area contributed by atoms with Gasteiger partial charge in [0.2, 0.25) is 0 Å². The third-order valence-corrected chi connectivity index (χ3v) is 7.58. The average Bonchev–Trinajstić information content (AvgIpc) is 3.42. The molecule has 36 heavy (non-hydrogen) atoms. The van der Waals surface area contributed by atoms with Crippen LogP contribution in [0.15, 0.2) is 84.8 Å². The Kier molecular flexibility index (Phi) is 7.56. The Balaban J connectivity index is 1.41. The van der Waals surface area contributed by atoms with Crippen molar-refractivity contribution >= 4 is 39.5 Å². The highest BCUT2D eigenvalue weighted by Crippen LogP contribution is 2.36. The van der Waals surface area contributed by atoms with E-state index in [9.17, 15) is 0 Å². The van der Waals surface area contributed by atoms with Crippen molar-refractivity contribution in [1.82, 2.24) is 15.2 Å². The van der Waals surface area contributed by atoms with Crippen LogP contribution in [-0.4, -0.2) is 43.2 Å². The molecule has 0 amide bonds. The molecule has 5 rings (SSSR count). The van der Waals surface area contributed by atoms with Crippen LogP contribution < -0.4 is 15.0 Å². The number of thiazole rings is 1. The van der Waals surface area contributed by atoms with Crippen LogP contribution in [0.25, 0.3) is 17.0 Å². The highest BCUT2D eigenvalue weighted by Gasteiger charge is 2.17. The number of halogens is 1. The second-order valence-corrected chi connectivity index (χ2v) is 9.90. The SMILES string of the molecule is C=C(c1ccc(CN(c2ccc(OC)cc2)c2nc(-c3ccccc3Cl)cs2)cc1)N1CCNCC1.